The van der Waals surface area contributed by atoms with E-state index >= 15 is 0 Å². The molecule has 0 bridgehead atoms. The molecule has 1 heterocycles. The van der Waals surface area contributed by atoms with Gasteiger partial charge in [0.15, 0.2) is 0 Å². The maximum Gasteiger partial charge on any atom is 0.0960 e. The summed E-state index contributed by atoms with van der Waals surface area (Å²) in [5.41, 5.74) is 0.743. The zero-order valence-electron chi connectivity index (χ0n) is 10.1. The van der Waals surface area contributed by atoms with Gasteiger partial charge in [0, 0.05) is 18.6 Å². The van der Waals surface area contributed by atoms with Crippen molar-refractivity contribution in [3.63, 3.8) is 0 Å². The summed E-state index contributed by atoms with van der Waals surface area (Å²) in [4.78, 5) is 2.55. The molecule has 86 valence electrons. The predicted molar refractivity (Wildman–Crippen MR) is 61.4 cm³/mol. The summed E-state index contributed by atoms with van der Waals surface area (Å²) < 4.78 is 12.9. The molecule has 0 atom stereocenters. The first kappa shape index (κ1) is 11.1. The largest absolute Gasteiger partial charge is 0.297 e. The molecule has 0 saturated carbocycles. The maximum absolute atomic E-state index is 12.9. The molecule has 0 radical (unpaired) electrons. The molecule has 2 rings (SSSR count). The standard InChI is InChI=1S/C13H22FN/c1-4-12(2,3)15-9-13(10-15)7-5-11(14)6-8-13/h5H,4,6-10H2,1-3H3. The van der Waals surface area contributed by atoms with Crippen molar-refractivity contribution < 1.29 is 4.39 Å². The Morgan fingerprint density at radius 1 is 1.47 bits per heavy atom. The number of hydrogen-bond acceptors (Lipinski definition) is 1. The molecular weight excluding hydrogens is 189 g/mol. The van der Waals surface area contributed by atoms with Crippen LogP contribution in [0.4, 0.5) is 4.39 Å². The van der Waals surface area contributed by atoms with E-state index < -0.39 is 0 Å². The Kier molecular flexibility index (Phi) is 2.66. The van der Waals surface area contributed by atoms with E-state index in [4.69, 9.17) is 0 Å². The molecule has 0 aromatic rings. The zero-order chi connectivity index (χ0) is 11.1. The molecule has 1 saturated heterocycles. The molecule has 1 fully saturated rings. The minimum absolute atomic E-state index is 0.105. The molecule has 1 spiro atoms. The average Bonchev–Trinajstić information content (AvgIpc) is 2.16. The molecular formula is C13H22FN. The number of allylic oxidation sites excluding steroid dienone is 2. The van der Waals surface area contributed by atoms with Gasteiger partial charge in [-0.25, -0.2) is 4.39 Å². The van der Waals surface area contributed by atoms with Gasteiger partial charge in [-0.3, -0.25) is 4.90 Å². The number of likely N-dealkylation sites (tertiary alicyclic amines) is 1. The fourth-order valence-electron chi connectivity index (χ4n) is 2.62. The highest BCUT2D eigenvalue weighted by atomic mass is 19.1. The normalized spacial score (nSPS) is 26.3. The third-order valence-electron chi connectivity index (χ3n) is 4.42. The Labute approximate surface area is 92.3 Å². The van der Waals surface area contributed by atoms with E-state index in [0.717, 1.165) is 25.9 Å². The molecule has 0 N–H and O–H groups in total. The van der Waals surface area contributed by atoms with Crippen LogP contribution in [0.1, 0.15) is 46.5 Å². The van der Waals surface area contributed by atoms with Crippen molar-refractivity contribution in [2.45, 2.75) is 52.0 Å². The van der Waals surface area contributed by atoms with E-state index in [2.05, 4.69) is 25.7 Å². The molecule has 0 aromatic carbocycles. The second-order valence-corrected chi connectivity index (χ2v) is 5.88. The summed E-state index contributed by atoms with van der Waals surface area (Å²) in [6.07, 6.45) is 5.66. The Balaban J connectivity index is 1.93. The van der Waals surface area contributed by atoms with Gasteiger partial charge in [-0.15, -0.1) is 0 Å². The third kappa shape index (κ3) is 1.96. The van der Waals surface area contributed by atoms with E-state index in [1.807, 2.05) is 0 Å². The minimum Gasteiger partial charge on any atom is -0.297 e. The number of hydrogen-bond donors (Lipinski definition) is 0. The highest BCUT2D eigenvalue weighted by molar-refractivity contribution is 5.10. The number of rotatable bonds is 2. The lowest BCUT2D eigenvalue weighted by atomic mass is 9.69. The van der Waals surface area contributed by atoms with Crippen molar-refractivity contribution in [3.05, 3.63) is 11.9 Å². The Hall–Kier alpha value is -0.370. The smallest absolute Gasteiger partial charge is 0.0960 e. The molecule has 1 nitrogen and oxygen atoms in total. The van der Waals surface area contributed by atoms with E-state index in [0.29, 0.717) is 17.4 Å². The van der Waals surface area contributed by atoms with Crippen molar-refractivity contribution in [2.75, 3.05) is 13.1 Å². The van der Waals surface area contributed by atoms with Crippen molar-refractivity contribution in [3.8, 4) is 0 Å². The topological polar surface area (TPSA) is 3.24 Å². The lowest BCUT2D eigenvalue weighted by molar-refractivity contribution is -0.0733. The second-order valence-electron chi connectivity index (χ2n) is 5.88. The van der Waals surface area contributed by atoms with Crippen LogP contribution in [-0.4, -0.2) is 23.5 Å². The van der Waals surface area contributed by atoms with Gasteiger partial charge in [-0.2, -0.15) is 0 Å². The van der Waals surface area contributed by atoms with Crippen LogP contribution in [0.5, 0.6) is 0 Å². The van der Waals surface area contributed by atoms with Crippen LogP contribution >= 0.6 is 0 Å². The summed E-state index contributed by atoms with van der Waals surface area (Å²) in [5.74, 6) is 0.105. The molecule has 1 aliphatic carbocycles. The van der Waals surface area contributed by atoms with Crippen LogP contribution in [0.2, 0.25) is 0 Å². The highest BCUT2D eigenvalue weighted by Gasteiger charge is 2.47. The maximum atomic E-state index is 12.9. The summed E-state index contributed by atoms with van der Waals surface area (Å²) in [6.45, 7) is 9.18. The first-order chi connectivity index (χ1) is 6.97. The molecule has 2 aliphatic rings. The van der Waals surface area contributed by atoms with Crippen molar-refractivity contribution in [2.24, 2.45) is 5.41 Å². The fourth-order valence-corrected chi connectivity index (χ4v) is 2.62. The van der Waals surface area contributed by atoms with Crippen LogP contribution in [0.3, 0.4) is 0 Å². The molecule has 15 heavy (non-hydrogen) atoms. The summed E-state index contributed by atoms with van der Waals surface area (Å²) in [6, 6.07) is 0. The van der Waals surface area contributed by atoms with Gasteiger partial charge in [0.1, 0.15) is 0 Å². The van der Waals surface area contributed by atoms with Crippen LogP contribution in [-0.2, 0) is 0 Å². The number of halogens is 1. The first-order valence-electron chi connectivity index (χ1n) is 6.07. The third-order valence-corrected chi connectivity index (χ3v) is 4.42. The molecule has 0 aromatic heterocycles. The minimum atomic E-state index is 0.105. The quantitative estimate of drug-likeness (QED) is 0.675. The van der Waals surface area contributed by atoms with Crippen LogP contribution in [0, 0.1) is 5.41 Å². The van der Waals surface area contributed by atoms with E-state index in [1.54, 1.807) is 6.08 Å². The van der Waals surface area contributed by atoms with Crippen LogP contribution < -0.4 is 0 Å². The summed E-state index contributed by atoms with van der Waals surface area (Å²) in [7, 11) is 0. The Morgan fingerprint density at radius 2 is 2.13 bits per heavy atom. The van der Waals surface area contributed by atoms with Gasteiger partial charge in [0.2, 0.25) is 0 Å². The average molecular weight is 211 g/mol. The summed E-state index contributed by atoms with van der Waals surface area (Å²) >= 11 is 0. The lowest BCUT2D eigenvalue weighted by Crippen LogP contribution is -2.63. The van der Waals surface area contributed by atoms with Crippen molar-refractivity contribution >= 4 is 0 Å². The van der Waals surface area contributed by atoms with Gasteiger partial charge in [-0.05, 0) is 44.9 Å². The molecule has 1 aliphatic heterocycles. The monoisotopic (exact) mass is 211 g/mol. The van der Waals surface area contributed by atoms with Gasteiger partial charge in [-0.1, -0.05) is 13.0 Å². The highest BCUT2D eigenvalue weighted by Crippen LogP contribution is 2.46. The predicted octanol–water partition coefficient (Wildman–Crippen LogP) is 3.51. The van der Waals surface area contributed by atoms with Crippen LogP contribution in [0.25, 0.3) is 0 Å². The van der Waals surface area contributed by atoms with E-state index in [-0.39, 0.29) is 5.83 Å². The van der Waals surface area contributed by atoms with Gasteiger partial charge in [0.25, 0.3) is 0 Å². The fraction of sp³-hybridized carbons (Fsp3) is 0.846. The summed E-state index contributed by atoms with van der Waals surface area (Å²) in [5, 5.41) is 0. The van der Waals surface area contributed by atoms with Crippen LogP contribution in [0.15, 0.2) is 11.9 Å². The van der Waals surface area contributed by atoms with Crippen molar-refractivity contribution in [1.82, 2.24) is 4.90 Å². The Morgan fingerprint density at radius 3 is 2.60 bits per heavy atom. The van der Waals surface area contributed by atoms with Gasteiger partial charge < -0.3 is 0 Å². The van der Waals surface area contributed by atoms with E-state index in [1.165, 1.54) is 6.42 Å². The van der Waals surface area contributed by atoms with Crippen molar-refractivity contribution in [1.29, 1.82) is 0 Å². The van der Waals surface area contributed by atoms with E-state index in [9.17, 15) is 4.39 Å². The lowest BCUT2D eigenvalue weighted by Gasteiger charge is -2.57. The second kappa shape index (κ2) is 3.58. The van der Waals surface area contributed by atoms with Gasteiger partial charge in [0.05, 0.1) is 5.83 Å². The number of nitrogens with zero attached hydrogens (tertiary/aromatic N) is 1. The molecule has 2 heteroatoms. The molecule has 0 unspecified atom stereocenters. The zero-order valence-corrected chi connectivity index (χ0v) is 10.1. The van der Waals surface area contributed by atoms with Gasteiger partial charge >= 0.3 is 0 Å². The first-order valence-corrected chi connectivity index (χ1v) is 6.07. The Bertz CT molecular complexity index is 274. The SMILES string of the molecule is CCC(C)(C)N1CC2(CC=C(F)CC2)C1. The molecule has 0 amide bonds.